The number of aliphatic carboxylic acids is 1. The first-order valence-electron chi connectivity index (χ1n) is 6.61. The van der Waals surface area contributed by atoms with Crippen LogP contribution in [-0.2, 0) is 14.3 Å². The van der Waals surface area contributed by atoms with Gasteiger partial charge in [-0.2, -0.15) is 0 Å². The van der Waals surface area contributed by atoms with Gasteiger partial charge in [-0.15, -0.1) is 0 Å². The van der Waals surface area contributed by atoms with Crippen molar-refractivity contribution >= 4 is 11.9 Å². The molecule has 2 saturated heterocycles. The lowest BCUT2D eigenvalue weighted by atomic mass is 9.89. The monoisotopic (exact) mass is 271 g/mol. The highest BCUT2D eigenvalue weighted by Gasteiger charge is 2.39. The fourth-order valence-corrected chi connectivity index (χ4v) is 2.56. The van der Waals surface area contributed by atoms with E-state index < -0.39 is 11.5 Å². The van der Waals surface area contributed by atoms with Crippen molar-refractivity contribution in [3.05, 3.63) is 0 Å². The third-order valence-electron chi connectivity index (χ3n) is 3.83. The Balaban J connectivity index is 1.86. The highest BCUT2D eigenvalue weighted by Crippen LogP contribution is 2.21. The summed E-state index contributed by atoms with van der Waals surface area (Å²) in [7, 11) is 0. The number of amides is 1. The van der Waals surface area contributed by atoms with E-state index in [1.54, 1.807) is 4.90 Å². The molecule has 0 saturated carbocycles. The number of piperazine rings is 1. The molecule has 0 atom stereocenters. The molecule has 0 aromatic heterocycles. The van der Waals surface area contributed by atoms with Gasteiger partial charge in [-0.05, 0) is 12.8 Å². The molecule has 0 spiro atoms. The minimum atomic E-state index is -0.834. The maximum absolute atomic E-state index is 12.4. The zero-order valence-electron chi connectivity index (χ0n) is 11.0. The van der Waals surface area contributed by atoms with Crippen molar-refractivity contribution in [2.24, 2.45) is 5.73 Å². The Labute approximate surface area is 112 Å². The summed E-state index contributed by atoms with van der Waals surface area (Å²) in [6, 6.07) is 0. The van der Waals surface area contributed by atoms with Crippen LogP contribution in [0.15, 0.2) is 0 Å². The number of ether oxygens (including phenoxy) is 1. The second-order valence-electron chi connectivity index (χ2n) is 5.23. The highest BCUT2D eigenvalue weighted by molar-refractivity contribution is 5.86. The van der Waals surface area contributed by atoms with E-state index in [2.05, 4.69) is 0 Å². The maximum Gasteiger partial charge on any atom is 0.317 e. The van der Waals surface area contributed by atoms with Crippen LogP contribution in [0.25, 0.3) is 0 Å². The zero-order valence-corrected chi connectivity index (χ0v) is 11.0. The van der Waals surface area contributed by atoms with Gasteiger partial charge in [0.05, 0.1) is 12.1 Å². The van der Waals surface area contributed by atoms with Crippen molar-refractivity contribution in [2.45, 2.75) is 18.4 Å². The van der Waals surface area contributed by atoms with Gasteiger partial charge in [0.25, 0.3) is 0 Å². The molecule has 0 bridgehead atoms. The topological polar surface area (TPSA) is 96.1 Å². The van der Waals surface area contributed by atoms with E-state index in [9.17, 15) is 9.59 Å². The van der Waals surface area contributed by atoms with Crippen LogP contribution in [0.5, 0.6) is 0 Å². The second-order valence-corrected chi connectivity index (χ2v) is 5.23. The second kappa shape index (κ2) is 5.85. The third kappa shape index (κ3) is 3.43. The predicted octanol–water partition coefficient (Wildman–Crippen LogP) is -1.28. The van der Waals surface area contributed by atoms with Crippen LogP contribution in [0, 0.1) is 0 Å². The van der Waals surface area contributed by atoms with Gasteiger partial charge in [0, 0.05) is 39.4 Å². The molecule has 7 nitrogen and oxygen atoms in total. The molecule has 0 unspecified atom stereocenters. The first-order chi connectivity index (χ1) is 9.01. The molecule has 7 heteroatoms. The summed E-state index contributed by atoms with van der Waals surface area (Å²) < 4.78 is 5.24. The van der Waals surface area contributed by atoms with E-state index in [-0.39, 0.29) is 12.5 Å². The van der Waals surface area contributed by atoms with E-state index in [1.165, 1.54) is 0 Å². The summed E-state index contributed by atoms with van der Waals surface area (Å²) in [4.78, 5) is 26.6. The Kier molecular flexibility index (Phi) is 4.38. The summed E-state index contributed by atoms with van der Waals surface area (Å²) in [5.41, 5.74) is 5.37. The van der Waals surface area contributed by atoms with Crippen molar-refractivity contribution in [3.8, 4) is 0 Å². The highest BCUT2D eigenvalue weighted by atomic mass is 16.5. The molecule has 2 fully saturated rings. The van der Waals surface area contributed by atoms with E-state index >= 15 is 0 Å². The SMILES string of the molecule is NC1(C(=O)N2CCN(CC(=O)O)CC2)CCOCC1. The van der Waals surface area contributed by atoms with Gasteiger partial charge in [0.15, 0.2) is 0 Å². The molecular weight excluding hydrogens is 250 g/mol. The van der Waals surface area contributed by atoms with Crippen LogP contribution in [0.1, 0.15) is 12.8 Å². The Bertz CT molecular complexity index is 347. The van der Waals surface area contributed by atoms with Crippen LogP contribution in [0.4, 0.5) is 0 Å². The smallest absolute Gasteiger partial charge is 0.317 e. The van der Waals surface area contributed by atoms with Crippen molar-refractivity contribution in [1.29, 1.82) is 0 Å². The van der Waals surface area contributed by atoms with Crippen LogP contribution in [-0.4, -0.2) is 78.3 Å². The lowest BCUT2D eigenvalue weighted by Crippen LogP contribution is -2.61. The van der Waals surface area contributed by atoms with Gasteiger partial charge in [-0.3, -0.25) is 14.5 Å². The fourth-order valence-electron chi connectivity index (χ4n) is 2.56. The van der Waals surface area contributed by atoms with Crippen LogP contribution in [0.3, 0.4) is 0 Å². The number of hydrogen-bond donors (Lipinski definition) is 2. The fraction of sp³-hybridized carbons (Fsp3) is 0.833. The number of carboxylic acid groups (broad SMARTS) is 1. The molecule has 2 rings (SSSR count). The molecule has 0 aromatic carbocycles. The Morgan fingerprint density at radius 1 is 1.16 bits per heavy atom. The van der Waals surface area contributed by atoms with Gasteiger partial charge in [0.1, 0.15) is 0 Å². The van der Waals surface area contributed by atoms with Crippen molar-refractivity contribution < 1.29 is 19.4 Å². The van der Waals surface area contributed by atoms with Crippen molar-refractivity contribution in [2.75, 3.05) is 45.9 Å². The van der Waals surface area contributed by atoms with E-state index in [0.29, 0.717) is 52.2 Å². The minimum absolute atomic E-state index is 0.0224. The Morgan fingerprint density at radius 2 is 1.74 bits per heavy atom. The third-order valence-corrected chi connectivity index (χ3v) is 3.83. The van der Waals surface area contributed by atoms with Crippen LogP contribution >= 0.6 is 0 Å². The number of carbonyl (C=O) groups excluding carboxylic acids is 1. The van der Waals surface area contributed by atoms with Gasteiger partial charge < -0.3 is 20.5 Å². The summed E-state index contributed by atoms with van der Waals surface area (Å²) >= 11 is 0. The number of rotatable bonds is 3. The molecule has 0 aliphatic carbocycles. The number of nitrogens with two attached hydrogens (primary N) is 1. The summed E-state index contributed by atoms with van der Waals surface area (Å²) in [5, 5.41) is 8.73. The van der Waals surface area contributed by atoms with Gasteiger partial charge in [-0.25, -0.2) is 0 Å². The quantitative estimate of drug-likeness (QED) is 0.664. The normalized spacial score (nSPS) is 24.2. The molecule has 1 amide bonds. The molecule has 0 radical (unpaired) electrons. The molecule has 2 aliphatic heterocycles. The summed E-state index contributed by atoms with van der Waals surface area (Å²) in [5.74, 6) is -0.856. The van der Waals surface area contributed by atoms with Crippen LogP contribution in [0.2, 0.25) is 0 Å². The minimum Gasteiger partial charge on any atom is -0.480 e. The lowest BCUT2D eigenvalue weighted by molar-refractivity contribution is -0.143. The number of carboxylic acids is 1. The molecule has 108 valence electrons. The molecule has 0 aromatic rings. The maximum atomic E-state index is 12.4. The summed E-state index contributed by atoms with van der Waals surface area (Å²) in [6.45, 7) is 3.36. The van der Waals surface area contributed by atoms with Gasteiger partial charge in [-0.1, -0.05) is 0 Å². The number of nitrogens with zero attached hydrogens (tertiary/aromatic N) is 2. The summed E-state index contributed by atoms with van der Waals surface area (Å²) in [6.07, 6.45) is 1.11. The van der Waals surface area contributed by atoms with Gasteiger partial charge in [0.2, 0.25) is 5.91 Å². The predicted molar refractivity (Wildman–Crippen MR) is 67.6 cm³/mol. The largest absolute Gasteiger partial charge is 0.480 e. The molecular formula is C12H21N3O4. The first kappa shape index (κ1) is 14.2. The standard InChI is InChI=1S/C12H21N3O4/c13-12(1-7-19-8-2-12)11(18)15-5-3-14(4-6-15)9-10(16)17/h1-9,13H2,(H,16,17). The molecule has 19 heavy (non-hydrogen) atoms. The Morgan fingerprint density at radius 3 is 2.26 bits per heavy atom. The number of hydrogen-bond acceptors (Lipinski definition) is 5. The molecule has 2 heterocycles. The van der Waals surface area contributed by atoms with Crippen molar-refractivity contribution in [1.82, 2.24) is 9.80 Å². The average Bonchev–Trinajstić information content (AvgIpc) is 2.39. The van der Waals surface area contributed by atoms with E-state index in [1.807, 2.05) is 4.90 Å². The average molecular weight is 271 g/mol. The van der Waals surface area contributed by atoms with Crippen LogP contribution < -0.4 is 5.73 Å². The molecule has 3 N–H and O–H groups in total. The van der Waals surface area contributed by atoms with Gasteiger partial charge >= 0.3 is 5.97 Å². The lowest BCUT2D eigenvalue weighted by Gasteiger charge is -2.40. The first-order valence-corrected chi connectivity index (χ1v) is 6.61. The molecule has 2 aliphatic rings. The van der Waals surface area contributed by atoms with E-state index in [4.69, 9.17) is 15.6 Å². The van der Waals surface area contributed by atoms with Crippen molar-refractivity contribution in [3.63, 3.8) is 0 Å². The van der Waals surface area contributed by atoms with E-state index in [0.717, 1.165) is 0 Å². The Hall–Kier alpha value is -1.18. The zero-order chi connectivity index (χ0) is 13.9. The number of carbonyl (C=O) groups is 2.